The first kappa shape index (κ1) is 10.9. The molecule has 0 atom stereocenters. The van der Waals surface area contributed by atoms with Crippen LogP contribution in [0.4, 0.5) is 11.4 Å². The van der Waals surface area contributed by atoms with E-state index in [0.29, 0.717) is 10.2 Å². The van der Waals surface area contributed by atoms with Crippen LogP contribution in [0.25, 0.3) is 0 Å². The lowest BCUT2D eigenvalue weighted by atomic mass is 10.3. The van der Waals surface area contributed by atoms with Crippen LogP contribution < -0.4 is 5.32 Å². The second-order valence-corrected chi connectivity index (χ2v) is 3.93. The third kappa shape index (κ3) is 2.41. The molecule has 0 saturated heterocycles. The Bertz CT molecular complexity index is 354. The van der Waals surface area contributed by atoms with E-state index >= 15 is 0 Å². The summed E-state index contributed by atoms with van der Waals surface area (Å²) in [4.78, 5) is 13.9. The molecular weight excluding hydrogens is 250 g/mol. The molecule has 0 fully saturated rings. The van der Waals surface area contributed by atoms with Gasteiger partial charge in [0.15, 0.2) is 0 Å². The zero-order valence-electron chi connectivity index (χ0n) is 7.82. The highest BCUT2D eigenvalue weighted by atomic mass is 79.9. The maximum Gasteiger partial charge on any atom is 0.311 e. The second kappa shape index (κ2) is 4.36. The molecule has 1 N–H and O–H groups in total. The van der Waals surface area contributed by atoms with Crippen LogP contribution in [-0.2, 0) is 0 Å². The average Bonchev–Trinajstić information content (AvgIpc) is 2.07. The Balaban J connectivity index is 3.15. The molecule has 1 aromatic rings. The molecule has 0 aliphatic heterocycles. The summed E-state index contributed by atoms with van der Waals surface area (Å²) in [6, 6.07) is 0.132. The smallest absolute Gasteiger partial charge is 0.311 e. The zero-order valence-corrected chi connectivity index (χ0v) is 9.41. The first-order valence-corrected chi connectivity index (χ1v) is 4.86. The van der Waals surface area contributed by atoms with E-state index in [4.69, 9.17) is 0 Å². The molecule has 0 spiro atoms. The number of halogens is 1. The summed E-state index contributed by atoms with van der Waals surface area (Å²) in [7, 11) is 0. The van der Waals surface area contributed by atoms with Gasteiger partial charge in [-0.25, -0.2) is 0 Å². The van der Waals surface area contributed by atoms with Crippen molar-refractivity contribution in [3.63, 3.8) is 0 Å². The van der Waals surface area contributed by atoms with Crippen molar-refractivity contribution in [1.29, 1.82) is 0 Å². The van der Waals surface area contributed by atoms with Gasteiger partial charge in [0, 0.05) is 12.2 Å². The molecule has 0 aromatic carbocycles. The molecule has 6 heteroatoms. The molecule has 76 valence electrons. The molecule has 0 aliphatic rings. The van der Waals surface area contributed by atoms with Gasteiger partial charge in [0.2, 0.25) is 0 Å². The Morgan fingerprint density at radius 3 is 2.71 bits per heavy atom. The van der Waals surface area contributed by atoms with Gasteiger partial charge in [0.05, 0.1) is 9.40 Å². The highest BCUT2D eigenvalue weighted by Crippen LogP contribution is 2.31. The van der Waals surface area contributed by atoms with Gasteiger partial charge >= 0.3 is 5.69 Å². The maximum atomic E-state index is 10.7. The predicted molar refractivity (Wildman–Crippen MR) is 57.4 cm³/mol. The first-order chi connectivity index (χ1) is 6.52. The molecular formula is C8H10BrN3O2. The van der Waals surface area contributed by atoms with E-state index in [0.717, 1.165) is 0 Å². The van der Waals surface area contributed by atoms with Crippen LogP contribution in [-0.4, -0.2) is 15.9 Å². The largest absolute Gasteiger partial charge is 0.376 e. The number of rotatable bonds is 3. The molecule has 0 radical (unpaired) electrons. The molecule has 0 aliphatic carbocycles. The van der Waals surface area contributed by atoms with Gasteiger partial charge in [-0.15, -0.1) is 0 Å². The SMILES string of the molecule is CC(C)Nc1c(Br)cncc1[N+](=O)[O-]. The van der Waals surface area contributed by atoms with Crippen LogP contribution >= 0.6 is 15.9 Å². The average molecular weight is 260 g/mol. The van der Waals surface area contributed by atoms with Gasteiger partial charge in [-0.2, -0.15) is 0 Å². The summed E-state index contributed by atoms with van der Waals surface area (Å²) >= 11 is 3.21. The van der Waals surface area contributed by atoms with Crippen LogP contribution in [0, 0.1) is 10.1 Å². The minimum atomic E-state index is -0.456. The molecule has 5 nitrogen and oxygen atoms in total. The second-order valence-electron chi connectivity index (χ2n) is 3.07. The number of nitrogens with zero attached hydrogens (tertiary/aromatic N) is 2. The third-order valence-corrected chi connectivity index (χ3v) is 2.11. The fraction of sp³-hybridized carbons (Fsp3) is 0.375. The van der Waals surface area contributed by atoms with Crippen molar-refractivity contribution < 1.29 is 4.92 Å². The van der Waals surface area contributed by atoms with Gasteiger partial charge in [-0.05, 0) is 29.8 Å². The Kier molecular flexibility index (Phi) is 3.40. The van der Waals surface area contributed by atoms with Gasteiger partial charge in [0.25, 0.3) is 0 Å². The molecule has 1 heterocycles. The number of hydrogen-bond acceptors (Lipinski definition) is 4. The summed E-state index contributed by atoms with van der Waals surface area (Å²) in [5.74, 6) is 0. The predicted octanol–water partition coefficient (Wildman–Crippen LogP) is 2.57. The molecule has 1 aromatic heterocycles. The molecule has 0 saturated carbocycles. The van der Waals surface area contributed by atoms with E-state index in [2.05, 4.69) is 26.2 Å². The molecule has 0 amide bonds. The minimum Gasteiger partial charge on any atom is -0.376 e. The van der Waals surface area contributed by atoms with E-state index in [1.807, 2.05) is 13.8 Å². The van der Waals surface area contributed by atoms with Crippen molar-refractivity contribution in [3.8, 4) is 0 Å². The third-order valence-electron chi connectivity index (χ3n) is 1.51. The van der Waals surface area contributed by atoms with E-state index < -0.39 is 4.92 Å². The van der Waals surface area contributed by atoms with Crippen LogP contribution in [0.2, 0.25) is 0 Å². The standard InChI is InChI=1S/C8H10BrN3O2/c1-5(2)11-8-6(9)3-10-4-7(8)12(13)14/h3-5H,1-2H3,(H,10,11). The highest BCUT2D eigenvalue weighted by Gasteiger charge is 2.17. The zero-order chi connectivity index (χ0) is 10.7. The lowest BCUT2D eigenvalue weighted by molar-refractivity contribution is -0.384. The summed E-state index contributed by atoms with van der Waals surface area (Å²) in [6.45, 7) is 3.83. The van der Waals surface area contributed by atoms with Crippen molar-refractivity contribution in [2.24, 2.45) is 0 Å². The van der Waals surface area contributed by atoms with Crippen LogP contribution in [0.1, 0.15) is 13.8 Å². The van der Waals surface area contributed by atoms with Gasteiger partial charge < -0.3 is 5.32 Å². The molecule has 0 bridgehead atoms. The monoisotopic (exact) mass is 259 g/mol. The molecule has 0 unspecified atom stereocenters. The summed E-state index contributed by atoms with van der Waals surface area (Å²) in [6.07, 6.45) is 2.76. The van der Waals surface area contributed by atoms with Gasteiger partial charge in [-0.1, -0.05) is 0 Å². The topological polar surface area (TPSA) is 68.1 Å². The normalized spacial score (nSPS) is 10.3. The van der Waals surface area contributed by atoms with E-state index in [9.17, 15) is 10.1 Å². The Morgan fingerprint density at radius 2 is 2.21 bits per heavy atom. The van der Waals surface area contributed by atoms with E-state index in [-0.39, 0.29) is 11.7 Å². The number of pyridine rings is 1. The number of nitro groups is 1. The van der Waals surface area contributed by atoms with Crippen molar-refractivity contribution in [3.05, 3.63) is 27.0 Å². The fourth-order valence-corrected chi connectivity index (χ4v) is 1.43. The van der Waals surface area contributed by atoms with Crippen molar-refractivity contribution in [2.45, 2.75) is 19.9 Å². The maximum absolute atomic E-state index is 10.7. The number of aromatic nitrogens is 1. The molecule has 1 rings (SSSR count). The first-order valence-electron chi connectivity index (χ1n) is 4.06. The van der Waals surface area contributed by atoms with Crippen molar-refractivity contribution in [1.82, 2.24) is 4.98 Å². The Hall–Kier alpha value is -1.17. The Labute approximate surface area is 89.8 Å². The summed E-state index contributed by atoms with van der Waals surface area (Å²) in [5.41, 5.74) is 0.452. The van der Waals surface area contributed by atoms with Crippen LogP contribution in [0.3, 0.4) is 0 Å². The van der Waals surface area contributed by atoms with Crippen LogP contribution in [0.15, 0.2) is 16.9 Å². The highest BCUT2D eigenvalue weighted by molar-refractivity contribution is 9.10. The minimum absolute atomic E-state index is 0.0203. The number of hydrogen-bond donors (Lipinski definition) is 1. The fourth-order valence-electron chi connectivity index (χ4n) is 0.995. The Morgan fingerprint density at radius 1 is 1.57 bits per heavy atom. The summed E-state index contributed by atoms with van der Waals surface area (Å²) < 4.78 is 0.598. The van der Waals surface area contributed by atoms with Crippen LogP contribution in [0.5, 0.6) is 0 Å². The van der Waals surface area contributed by atoms with Gasteiger partial charge in [-0.3, -0.25) is 15.1 Å². The van der Waals surface area contributed by atoms with E-state index in [1.165, 1.54) is 12.4 Å². The lowest BCUT2D eigenvalue weighted by Crippen LogP contribution is -2.12. The van der Waals surface area contributed by atoms with Gasteiger partial charge in [0.1, 0.15) is 11.9 Å². The quantitative estimate of drug-likeness (QED) is 0.669. The van der Waals surface area contributed by atoms with E-state index in [1.54, 1.807) is 0 Å². The number of anilines is 1. The molecule has 14 heavy (non-hydrogen) atoms. The lowest BCUT2D eigenvalue weighted by Gasteiger charge is -2.11. The van der Waals surface area contributed by atoms with Crippen molar-refractivity contribution >= 4 is 27.3 Å². The number of nitrogens with one attached hydrogen (secondary N) is 1. The summed E-state index contributed by atoms with van der Waals surface area (Å²) in [5, 5.41) is 13.7. The van der Waals surface area contributed by atoms with Crippen molar-refractivity contribution in [2.75, 3.05) is 5.32 Å².